The Labute approximate surface area is 159 Å². The second-order valence-electron chi connectivity index (χ2n) is 7.17. The minimum Gasteiger partial charge on any atom is -0.352 e. The average Bonchev–Trinajstić information content (AvgIpc) is 3.06. The van der Waals surface area contributed by atoms with Gasteiger partial charge in [-0.3, -0.25) is 4.79 Å². The Kier molecular flexibility index (Phi) is 4.59. The zero-order valence-electron chi connectivity index (χ0n) is 15.2. The van der Waals surface area contributed by atoms with Gasteiger partial charge in [-0.1, -0.05) is 24.3 Å². The van der Waals surface area contributed by atoms with Crippen molar-refractivity contribution >= 4 is 21.6 Å². The fourth-order valence-corrected chi connectivity index (χ4v) is 5.53. The van der Waals surface area contributed by atoms with Crippen molar-refractivity contribution in [1.29, 1.82) is 0 Å². The highest BCUT2D eigenvalue weighted by atomic mass is 32.2. The van der Waals surface area contributed by atoms with E-state index in [0.717, 1.165) is 25.3 Å². The Bertz CT molecular complexity index is 976. The summed E-state index contributed by atoms with van der Waals surface area (Å²) in [6, 6.07) is 9.75. The van der Waals surface area contributed by atoms with E-state index in [1.54, 1.807) is 13.1 Å². The Balaban J connectivity index is 1.52. The maximum Gasteiger partial charge on any atom is 0.272 e. The summed E-state index contributed by atoms with van der Waals surface area (Å²) in [5.74, 6) is 0.613. The fourth-order valence-electron chi connectivity index (χ4n) is 3.76. The first-order valence-electron chi connectivity index (χ1n) is 9.04. The number of carbonyl (C=O) groups is 1. The molecule has 1 aromatic carbocycles. The van der Waals surface area contributed by atoms with Gasteiger partial charge in [0, 0.05) is 32.2 Å². The lowest BCUT2D eigenvalue weighted by molar-refractivity contribution is 0.0741. The molecule has 0 bridgehead atoms. The second kappa shape index (κ2) is 6.92. The smallest absolute Gasteiger partial charge is 0.272 e. The van der Waals surface area contributed by atoms with Crippen LogP contribution in [-0.2, 0) is 22.8 Å². The Morgan fingerprint density at radius 2 is 2.00 bits per heavy atom. The van der Waals surface area contributed by atoms with Crippen molar-refractivity contribution in [3.05, 3.63) is 53.5 Å². The zero-order chi connectivity index (χ0) is 19.0. The molecule has 2 aromatic rings. The summed E-state index contributed by atoms with van der Waals surface area (Å²) < 4.78 is 23.4. The van der Waals surface area contributed by atoms with E-state index in [9.17, 15) is 13.2 Å². The normalized spacial score (nSPS) is 20.9. The van der Waals surface area contributed by atoms with Gasteiger partial charge in [0.1, 0.15) is 17.8 Å². The summed E-state index contributed by atoms with van der Waals surface area (Å²) in [5, 5.41) is 0. The first kappa shape index (κ1) is 17.9. The molecule has 4 rings (SSSR count). The summed E-state index contributed by atoms with van der Waals surface area (Å²) in [5.41, 5.74) is 2.91. The van der Waals surface area contributed by atoms with Gasteiger partial charge >= 0.3 is 0 Å². The largest absolute Gasteiger partial charge is 0.352 e. The Hall–Kier alpha value is -2.48. The number of sulfone groups is 1. The molecule has 8 heteroatoms. The number of hydrogen-bond acceptors (Lipinski definition) is 6. The molecule has 0 N–H and O–H groups in total. The summed E-state index contributed by atoms with van der Waals surface area (Å²) >= 11 is 0. The van der Waals surface area contributed by atoms with Gasteiger partial charge in [-0.05, 0) is 24.0 Å². The van der Waals surface area contributed by atoms with E-state index in [-0.39, 0.29) is 23.5 Å². The average molecular weight is 386 g/mol. The zero-order valence-corrected chi connectivity index (χ0v) is 16.0. The molecule has 1 atom stereocenters. The molecule has 0 radical (unpaired) electrons. The van der Waals surface area contributed by atoms with Crippen LogP contribution in [0.4, 0.5) is 5.82 Å². The number of hydrogen-bond donors (Lipinski definition) is 0. The third kappa shape index (κ3) is 3.66. The summed E-state index contributed by atoms with van der Waals surface area (Å²) in [6.45, 7) is 1.58. The Morgan fingerprint density at radius 3 is 2.74 bits per heavy atom. The van der Waals surface area contributed by atoms with E-state index >= 15 is 0 Å². The molecule has 3 heterocycles. The third-order valence-corrected chi connectivity index (χ3v) is 7.15. The number of benzene rings is 1. The first-order valence-corrected chi connectivity index (χ1v) is 10.9. The van der Waals surface area contributed by atoms with Crippen LogP contribution in [0.1, 0.15) is 28.0 Å². The van der Waals surface area contributed by atoms with E-state index < -0.39 is 9.84 Å². The van der Waals surface area contributed by atoms with E-state index in [4.69, 9.17) is 0 Å². The standard InChI is InChI=1S/C19H22N4O3S/c1-22(16-7-9-27(25,26)12-16)19(24)17-10-18(21-13-20-17)23-8-6-14-4-2-3-5-15(14)11-23/h2-5,10,13,16H,6-9,11-12H2,1H3. The number of fused-ring (bicyclic) bond motifs is 1. The van der Waals surface area contributed by atoms with Crippen molar-refractivity contribution in [3.8, 4) is 0 Å². The predicted octanol–water partition coefficient (Wildman–Crippen LogP) is 1.30. The summed E-state index contributed by atoms with van der Waals surface area (Å²) in [6.07, 6.45) is 2.82. The molecule has 142 valence electrons. The molecule has 1 fully saturated rings. The van der Waals surface area contributed by atoms with Crippen LogP contribution in [0.3, 0.4) is 0 Å². The number of carbonyl (C=O) groups excluding carboxylic acids is 1. The molecule has 1 aromatic heterocycles. The van der Waals surface area contributed by atoms with Gasteiger partial charge in [-0.2, -0.15) is 0 Å². The van der Waals surface area contributed by atoms with Crippen molar-refractivity contribution in [3.63, 3.8) is 0 Å². The highest BCUT2D eigenvalue weighted by Crippen LogP contribution is 2.24. The van der Waals surface area contributed by atoms with Crippen LogP contribution in [0, 0.1) is 0 Å². The number of nitrogens with zero attached hydrogens (tertiary/aromatic N) is 4. The lowest BCUT2D eigenvalue weighted by Crippen LogP contribution is -2.38. The van der Waals surface area contributed by atoms with Crippen molar-refractivity contribution in [2.75, 3.05) is 30.0 Å². The lowest BCUT2D eigenvalue weighted by atomic mass is 10.00. The molecule has 1 saturated heterocycles. The second-order valence-corrected chi connectivity index (χ2v) is 9.40. The van der Waals surface area contributed by atoms with Gasteiger partial charge in [0.05, 0.1) is 11.5 Å². The van der Waals surface area contributed by atoms with Gasteiger partial charge in [-0.15, -0.1) is 0 Å². The third-order valence-electron chi connectivity index (χ3n) is 5.40. The van der Waals surface area contributed by atoms with Gasteiger partial charge in [0.25, 0.3) is 5.91 Å². The molecule has 1 amide bonds. The van der Waals surface area contributed by atoms with Crippen LogP contribution in [-0.4, -0.2) is 60.3 Å². The maximum atomic E-state index is 12.8. The molecule has 0 spiro atoms. The molecule has 0 aliphatic carbocycles. The van der Waals surface area contributed by atoms with Crippen LogP contribution < -0.4 is 4.90 Å². The van der Waals surface area contributed by atoms with E-state index in [1.807, 2.05) is 6.07 Å². The molecule has 2 aliphatic rings. The van der Waals surface area contributed by atoms with E-state index in [1.165, 1.54) is 22.4 Å². The highest BCUT2D eigenvalue weighted by Gasteiger charge is 2.33. The van der Waals surface area contributed by atoms with Gasteiger partial charge in [-0.25, -0.2) is 18.4 Å². The minimum absolute atomic E-state index is 0.0239. The van der Waals surface area contributed by atoms with Crippen LogP contribution >= 0.6 is 0 Å². The highest BCUT2D eigenvalue weighted by molar-refractivity contribution is 7.91. The number of anilines is 1. The lowest BCUT2D eigenvalue weighted by Gasteiger charge is -2.30. The van der Waals surface area contributed by atoms with Crippen LogP contribution in [0.2, 0.25) is 0 Å². The van der Waals surface area contributed by atoms with Crippen LogP contribution in [0.5, 0.6) is 0 Å². The van der Waals surface area contributed by atoms with Gasteiger partial charge in [0.15, 0.2) is 9.84 Å². The molecule has 27 heavy (non-hydrogen) atoms. The van der Waals surface area contributed by atoms with Crippen molar-refractivity contribution in [2.45, 2.75) is 25.4 Å². The number of rotatable bonds is 3. The van der Waals surface area contributed by atoms with E-state index in [2.05, 4.69) is 33.1 Å². The van der Waals surface area contributed by atoms with Crippen LogP contribution in [0.25, 0.3) is 0 Å². The van der Waals surface area contributed by atoms with Crippen LogP contribution in [0.15, 0.2) is 36.7 Å². The molecule has 0 saturated carbocycles. The van der Waals surface area contributed by atoms with Gasteiger partial charge in [0.2, 0.25) is 0 Å². The Morgan fingerprint density at radius 1 is 1.22 bits per heavy atom. The van der Waals surface area contributed by atoms with Crippen molar-refractivity contribution in [1.82, 2.24) is 14.9 Å². The molecule has 7 nitrogen and oxygen atoms in total. The van der Waals surface area contributed by atoms with Crippen molar-refractivity contribution in [2.24, 2.45) is 0 Å². The maximum absolute atomic E-state index is 12.8. The SMILES string of the molecule is CN(C(=O)c1cc(N2CCc3ccccc3C2)ncn1)C1CCS(=O)(=O)C1. The van der Waals surface area contributed by atoms with Gasteiger partial charge < -0.3 is 9.80 Å². The number of aromatic nitrogens is 2. The molecule has 1 unspecified atom stereocenters. The topological polar surface area (TPSA) is 83.5 Å². The summed E-state index contributed by atoms with van der Waals surface area (Å²) in [7, 11) is -1.40. The monoisotopic (exact) mass is 386 g/mol. The molecule has 2 aliphatic heterocycles. The van der Waals surface area contributed by atoms with E-state index in [0.29, 0.717) is 12.1 Å². The first-order chi connectivity index (χ1) is 12.9. The number of amides is 1. The predicted molar refractivity (Wildman–Crippen MR) is 102 cm³/mol. The quantitative estimate of drug-likeness (QED) is 0.791. The van der Waals surface area contributed by atoms with Crippen molar-refractivity contribution < 1.29 is 13.2 Å². The molecular formula is C19H22N4O3S. The minimum atomic E-state index is -3.04. The summed E-state index contributed by atoms with van der Waals surface area (Å²) in [4.78, 5) is 24.9. The fraction of sp³-hybridized carbons (Fsp3) is 0.421. The molecular weight excluding hydrogens is 364 g/mol.